The number of benzene rings is 11. The molecule has 4 heteroatoms. The summed E-state index contributed by atoms with van der Waals surface area (Å²) in [5, 5.41) is 7.50. The smallest absolute Gasteiger partial charge is 0.182 e. The van der Waals surface area contributed by atoms with Crippen molar-refractivity contribution in [1.82, 2.24) is 0 Å². The lowest BCUT2D eigenvalue weighted by molar-refractivity contribution is 0.435. The monoisotopic (exact) mass is 923 g/mol. The van der Waals surface area contributed by atoms with E-state index in [1.807, 2.05) is 6.07 Å². The van der Waals surface area contributed by atoms with Gasteiger partial charge < -0.3 is 14.1 Å². The molecule has 334 valence electrons. The molecule has 0 saturated heterocycles. The van der Waals surface area contributed by atoms with E-state index in [0.717, 1.165) is 67.2 Å². The molecule has 12 aromatic rings. The predicted octanol–water partition coefficient (Wildman–Crippen LogP) is 14.6. The zero-order chi connectivity index (χ0) is 46.9. The van der Waals surface area contributed by atoms with Gasteiger partial charge in [-0.3, -0.25) is 0 Å². The Morgan fingerprint density at radius 2 is 0.859 bits per heavy atom. The first-order valence-corrected chi connectivity index (χ1v) is 26.4. The van der Waals surface area contributed by atoms with Gasteiger partial charge in [0.1, 0.15) is 22.7 Å². The number of rotatable bonds is 7. The second-order valence-electron chi connectivity index (χ2n) is 18.6. The summed E-state index contributed by atoms with van der Waals surface area (Å²) in [6, 6.07) is 100. The largest absolute Gasteiger partial charge is 0.457 e. The number of hydrogen-bond acceptors (Lipinski definition) is 3. The molecule has 2 aliphatic rings. The van der Waals surface area contributed by atoms with Crippen LogP contribution in [0, 0.1) is 0 Å². The first-order chi connectivity index (χ1) is 35.2. The highest BCUT2D eigenvalue weighted by Gasteiger charge is 2.58. The lowest BCUT2D eigenvalue weighted by atomic mass is 9.63. The molecular formula is C67H45NO2Si. The van der Waals surface area contributed by atoms with E-state index < -0.39 is 13.5 Å². The third kappa shape index (κ3) is 6.08. The van der Waals surface area contributed by atoms with Crippen molar-refractivity contribution in [3.8, 4) is 33.8 Å². The Kier molecular flexibility index (Phi) is 9.45. The SMILES string of the molecule is c1ccc(-c2ccccc2-c2ccc(N(c3ccc4c(c3)oc3ccccc34)c3cccc4c3[Si](c3ccccc3)(c3ccccc3)c3ccccc3C43c4ccccc4Oc4ccccc43)cc2)cc1. The first kappa shape index (κ1) is 41.0. The Balaban J connectivity index is 1.12. The van der Waals surface area contributed by atoms with E-state index >= 15 is 0 Å². The molecule has 2 aliphatic heterocycles. The maximum Gasteiger partial charge on any atom is 0.182 e. The van der Waals surface area contributed by atoms with Crippen LogP contribution in [0.2, 0.25) is 0 Å². The molecule has 3 heterocycles. The van der Waals surface area contributed by atoms with Crippen molar-refractivity contribution in [2.75, 3.05) is 4.90 Å². The fourth-order valence-corrected chi connectivity index (χ4v) is 17.7. The van der Waals surface area contributed by atoms with Crippen molar-refractivity contribution < 1.29 is 9.15 Å². The van der Waals surface area contributed by atoms with Crippen LogP contribution in [0.4, 0.5) is 17.1 Å². The number of fused-ring (bicyclic) bond motifs is 11. The highest BCUT2D eigenvalue weighted by Crippen LogP contribution is 2.57. The molecular weight excluding hydrogens is 879 g/mol. The summed E-state index contributed by atoms with van der Waals surface area (Å²) in [4.78, 5) is 2.50. The second kappa shape index (κ2) is 16.3. The second-order valence-corrected chi connectivity index (χ2v) is 22.3. The van der Waals surface area contributed by atoms with Gasteiger partial charge in [0.15, 0.2) is 8.07 Å². The minimum Gasteiger partial charge on any atom is -0.457 e. The van der Waals surface area contributed by atoms with Gasteiger partial charge in [0, 0.05) is 45.0 Å². The molecule has 3 nitrogen and oxygen atoms in total. The van der Waals surface area contributed by atoms with Crippen molar-refractivity contribution in [2.45, 2.75) is 5.41 Å². The zero-order valence-electron chi connectivity index (χ0n) is 38.7. The number of furan rings is 1. The molecule has 0 radical (unpaired) electrons. The number of para-hydroxylation sites is 3. The Bertz CT molecular complexity index is 3890. The van der Waals surface area contributed by atoms with Crippen LogP contribution in [0.3, 0.4) is 0 Å². The van der Waals surface area contributed by atoms with Gasteiger partial charge in [0.25, 0.3) is 0 Å². The fraction of sp³-hybridized carbons (Fsp3) is 0.0149. The molecule has 11 aromatic carbocycles. The Morgan fingerprint density at radius 1 is 0.352 bits per heavy atom. The summed E-state index contributed by atoms with van der Waals surface area (Å²) in [5.74, 6) is 1.73. The van der Waals surface area contributed by atoms with Gasteiger partial charge in [-0.25, -0.2) is 0 Å². The van der Waals surface area contributed by atoms with E-state index in [2.05, 4.69) is 272 Å². The summed E-state index contributed by atoms with van der Waals surface area (Å²) >= 11 is 0. The van der Waals surface area contributed by atoms with Crippen LogP contribution in [0.1, 0.15) is 22.3 Å². The lowest BCUT2D eigenvalue weighted by Gasteiger charge is -2.52. The Labute approximate surface area is 414 Å². The summed E-state index contributed by atoms with van der Waals surface area (Å²) in [6.07, 6.45) is 0. The van der Waals surface area contributed by atoms with E-state index in [1.54, 1.807) is 0 Å². The van der Waals surface area contributed by atoms with E-state index in [9.17, 15) is 0 Å². The van der Waals surface area contributed by atoms with Gasteiger partial charge in [0.05, 0.1) is 5.41 Å². The molecule has 14 rings (SSSR count). The number of nitrogens with zero attached hydrogens (tertiary/aromatic N) is 1. The third-order valence-electron chi connectivity index (χ3n) is 15.1. The van der Waals surface area contributed by atoms with Gasteiger partial charge in [-0.1, -0.05) is 218 Å². The van der Waals surface area contributed by atoms with Crippen LogP contribution in [0.5, 0.6) is 11.5 Å². The molecule has 0 N–H and O–H groups in total. The van der Waals surface area contributed by atoms with E-state index in [0.29, 0.717) is 0 Å². The third-order valence-corrected chi connectivity index (χ3v) is 20.0. The van der Waals surface area contributed by atoms with Crippen LogP contribution in [0.25, 0.3) is 44.2 Å². The minimum absolute atomic E-state index is 0.743. The van der Waals surface area contributed by atoms with Crippen LogP contribution in [0.15, 0.2) is 277 Å². The molecule has 0 unspecified atom stereocenters. The first-order valence-electron chi connectivity index (χ1n) is 24.4. The number of anilines is 3. The summed E-state index contributed by atoms with van der Waals surface area (Å²) in [7, 11) is -3.30. The molecule has 0 bridgehead atoms. The number of ether oxygens (including phenoxy) is 1. The highest BCUT2D eigenvalue weighted by molar-refractivity contribution is 7.21. The quantitative estimate of drug-likeness (QED) is 0.149. The highest BCUT2D eigenvalue weighted by atomic mass is 28.3. The lowest BCUT2D eigenvalue weighted by Crippen LogP contribution is -2.79. The zero-order valence-corrected chi connectivity index (χ0v) is 39.7. The maximum atomic E-state index is 6.91. The van der Waals surface area contributed by atoms with Crippen molar-refractivity contribution in [1.29, 1.82) is 0 Å². The van der Waals surface area contributed by atoms with Gasteiger partial charge in [-0.2, -0.15) is 0 Å². The Hall–Kier alpha value is -8.96. The average Bonchev–Trinajstić information content (AvgIpc) is 3.82. The minimum atomic E-state index is -3.30. The molecule has 1 spiro atoms. The van der Waals surface area contributed by atoms with Gasteiger partial charge in [-0.15, -0.1) is 0 Å². The van der Waals surface area contributed by atoms with Crippen LogP contribution < -0.4 is 30.4 Å². The van der Waals surface area contributed by atoms with E-state index in [-0.39, 0.29) is 0 Å². The van der Waals surface area contributed by atoms with Crippen LogP contribution in [-0.4, -0.2) is 8.07 Å². The summed E-state index contributed by atoms with van der Waals surface area (Å²) < 4.78 is 13.6. The van der Waals surface area contributed by atoms with E-state index in [1.165, 1.54) is 48.6 Å². The van der Waals surface area contributed by atoms with Gasteiger partial charge in [-0.05, 0) is 103 Å². The maximum absolute atomic E-state index is 6.91. The number of hydrogen-bond donors (Lipinski definition) is 0. The van der Waals surface area contributed by atoms with Crippen molar-refractivity contribution >= 4 is 67.8 Å². The Morgan fingerprint density at radius 3 is 1.54 bits per heavy atom. The summed E-state index contributed by atoms with van der Waals surface area (Å²) in [6.45, 7) is 0. The predicted molar refractivity (Wildman–Crippen MR) is 295 cm³/mol. The van der Waals surface area contributed by atoms with Crippen molar-refractivity contribution in [3.63, 3.8) is 0 Å². The molecule has 0 saturated carbocycles. The molecule has 0 aliphatic carbocycles. The molecule has 0 amide bonds. The van der Waals surface area contributed by atoms with Crippen LogP contribution in [-0.2, 0) is 5.41 Å². The van der Waals surface area contributed by atoms with Crippen molar-refractivity contribution in [2.24, 2.45) is 0 Å². The van der Waals surface area contributed by atoms with E-state index in [4.69, 9.17) is 9.15 Å². The van der Waals surface area contributed by atoms with Crippen LogP contribution >= 0.6 is 0 Å². The van der Waals surface area contributed by atoms with Gasteiger partial charge >= 0.3 is 0 Å². The molecule has 71 heavy (non-hydrogen) atoms. The van der Waals surface area contributed by atoms with Crippen molar-refractivity contribution in [3.05, 3.63) is 295 Å². The normalized spacial score (nSPS) is 13.7. The molecule has 0 fully saturated rings. The molecule has 1 aromatic heterocycles. The summed E-state index contributed by atoms with van der Waals surface area (Å²) in [5.41, 5.74) is 13.7. The molecule has 0 atom stereocenters. The standard InChI is InChI=1S/C67H45NO2Si/c1-4-21-46(22-5-1)52-27-10-11-28-53(52)47-39-41-48(42-40-47)68(49-43-44-55-54-29-12-16-35-61(54)69-64(55)45-49)60-34-20-33-59-66(60)71(50-23-6-2-7-24-50,51-25-8-3-9-26-51)65-38-19-15-32-58(65)67(59)56-30-13-17-36-62(56)70-63-37-18-14-31-57(63)67/h1-45H. The fourth-order valence-electron chi connectivity index (χ4n) is 12.2. The topological polar surface area (TPSA) is 25.6 Å². The average molecular weight is 924 g/mol. The van der Waals surface area contributed by atoms with Gasteiger partial charge in [0.2, 0.25) is 0 Å².